The van der Waals surface area contributed by atoms with Gasteiger partial charge in [0.05, 0.1) is 5.69 Å². The van der Waals surface area contributed by atoms with E-state index in [4.69, 9.17) is 0 Å². The Labute approximate surface area is 224 Å². The Morgan fingerprint density at radius 3 is 2.30 bits per heavy atom. The topological polar surface area (TPSA) is 69.7 Å². The Bertz CT molecular complexity index is 1470. The molecule has 0 fully saturated rings. The lowest BCUT2D eigenvalue weighted by atomic mass is 10.0. The number of anilines is 1. The molecule has 7 heteroatoms. The van der Waals surface area contributed by atoms with Crippen LogP contribution in [0.3, 0.4) is 0 Å². The van der Waals surface area contributed by atoms with Crippen LogP contribution in [0.1, 0.15) is 21.5 Å². The maximum absolute atomic E-state index is 14.0. The van der Waals surface area contributed by atoms with Crippen molar-refractivity contribution >= 4 is 50.1 Å². The standard InChI is InChI=1S/C30H26BrN3O3/c1-32-29(36)26(17-20-7-3-2-4-8-20)33(18-21-13-15-23(31)16-14-21)27(35)19-34-25-12-6-10-22-9-5-11-24(28(22)25)30(34)37/h2-16,26H,17-19H2,1H3,(H,32,36)/t26-/m1/s1. The molecular formula is C30H26BrN3O3. The zero-order valence-electron chi connectivity index (χ0n) is 20.4. The number of nitrogens with zero attached hydrogens (tertiary/aromatic N) is 2. The number of rotatable bonds is 8. The Morgan fingerprint density at radius 2 is 1.59 bits per heavy atom. The Hall–Kier alpha value is -3.97. The van der Waals surface area contributed by atoms with Crippen molar-refractivity contribution in [3.63, 3.8) is 0 Å². The van der Waals surface area contributed by atoms with Gasteiger partial charge in [-0.1, -0.05) is 82.7 Å². The number of carbonyl (C=O) groups excluding carboxylic acids is 3. The molecule has 1 atom stereocenters. The first-order valence-corrected chi connectivity index (χ1v) is 12.9. The number of hydrogen-bond donors (Lipinski definition) is 1. The van der Waals surface area contributed by atoms with Crippen LogP contribution in [0.4, 0.5) is 5.69 Å². The molecule has 6 nitrogen and oxygen atoms in total. The van der Waals surface area contributed by atoms with Gasteiger partial charge in [0.2, 0.25) is 11.8 Å². The van der Waals surface area contributed by atoms with Crippen molar-refractivity contribution in [1.82, 2.24) is 10.2 Å². The predicted octanol–water partition coefficient (Wildman–Crippen LogP) is 4.95. The summed E-state index contributed by atoms with van der Waals surface area (Å²) in [6, 6.07) is 27.9. The van der Waals surface area contributed by atoms with Crippen LogP contribution < -0.4 is 10.2 Å². The van der Waals surface area contributed by atoms with Crippen LogP contribution in [-0.2, 0) is 22.6 Å². The average Bonchev–Trinajstić information content (AvgIpc) is 3.19. The number of amides is 3. The Kier molecular flexibility index (Phi) is 7.06. The predicted molar refractivity (Wildman–Crippen MR) is 148 cm³/mol. The molecule has 0 spiro atoms. The van der Waals surface area contributed by atoms with Crippen molar-refractivity contribution in [2.75, 3.05) is 18.5 Å². The zero-order valence-corrected chi connectivity index (χ0v) is 21.9. The first-order chi connectivity index (χ1) is 18.0. The highest BCUT2D eigenvalue weighted by molar-refractivity contribution is 9.10. The smallest absolute Gasteiger partial charge is 0.259 e. The Balaban J connectivity index is 1.50. The van der Waals surface area contributed by atoms with E-state index in [1.54, 1.807) is 18.0 Å². The molecule has 4 aromatic carbocycles. The lowest BCUT2D eigenvalue weighted by Crippen LogP contribution is -2.52. The monoisotopic (exact) mass is 555 g/mol. The van der Waals surface area contributed by atoms with Crippen LogP contribution in [-0.4, -0.2) is 42.3 Å². The third-order valence-corrected chi connectivity index (χ3v) is 7.25. The van der Waals surface area contributed by atoms with Crippen LogP contribution in [0.25, 0.3) is 10.8 Å². The summed E-state index contributed by atoms with van der Waals surface area (Å²) in [6.45, 7) is 0.0711. The van der Waals surface area contributed by atoms with Crippen molar-refractivity contribution < 1.29 is 14.4 Å². The van der Waals surface area contributed by atoms with E-state index in [2.05, 4.69) is 21.2 Å². The number of hydrogen-bond acceptors (Lipinski definition) is 3. The van der Waals surface area contributed by atoms with E-state index in [0.717, 1.165) is 32.1 Å². The molecule has 5 rings (SSSR count). The second-order valence-corrected chi connectivity index (χ2v) is 9.96. The lowest BCUT2D eigenvalue weighted by Gasteiger charge is -2.32. The summed E-state index contributed by atoms with van der Waals surface area (Å²) in [5.74, 6) is -0.763. The molecule has 1 aliphatic heterocycles. The van der Waals surface area contributed by atoms with Crippen LogP contribution >= 0.6 is 15.9 Å². The SMILES string of the molecule is CNC(=O)[C@@H](Cc1ccccc1)N(Cc1ccc(Br)cc1)C(=O)CN1C(=O)c2cccc3cccc1c23. The summed E-state index contributed by atoms with van der Waals surface area (Å²) < 4.78 is 0.926. The molecule has 1 heterocycles. The van der Waals surface area contributed by atoms with Gasteiger partial charge in [-0.3, -0.25) is 19.3 Å². The van der Waals surface area contributed by atoms with E-state index in [9.17, 15) is 14.4 Å². The molecule has 0 unspecified atom stereocenters. The molecule has 0 aromatic heterocycles. The van der Waals surface area contributed by atoms with E-state index in [-0.39, 0.29) is 30.8 Å². The number of carbonyl (C=O) groups is 3. The molecule has 0 saturated heterocycles. The van der Waals surface area contributed by atoms with Crippen molar-refractivity contribution in [3.8, 4) is 0 Å². The average molecular weight is 556 g/mol. The molecule has 3 amide bonds. The minimum absolute atomic E-state index is 0.161. The van der Waals surface area contributed by atoms with Gasteiger partial charge in [0.15, 0.2) is 0 Å². The van der Waals surface area contributed by atoms with Crippen LogP contribution in [0.15, 0.2) is 95.5 Å². The minimum atomic E-state index is -0.751. The van der Waals surface area contributed by atoms with Crippen LogP contribution in [0, 0.1) is 0 Å². The first kappa shape index (κ1) is 24.7. The number of halogens is 1. The molecule has 1 aliphatic rings. The van der Waals surface area contributed by atoms with Gasteiger partial charge in [-0.05, 0) is 40.8 Å². The van der Waals surface area contributed by atoms with Gasteiger partial charge in [0.25, 0.3) is 5.91 Å². The molecule has 37 heavy (non-hydrogen) atoms. The second-order valence-electron chi connectivity index (χ2n) is 9.04. The van der Waals surface area contributed by atoms with Crippen molar-refractivity contribution in [2.45, 2.75) is 19.0 Å². The van der Waals surface area contributed by atoms with Gasteiger partial charge in [-0.25, -0.2) is 0 Å². The highest BCUT2D eigenvalue weighted by Crippen LogP contribution is 2.37. The van der Waals surface area contributed by atoms with Crippen LogP contribution in [0.2, 0.25) is 0 Å². The summed E-state index contributed by atoms with van der Waals surface area (Å²) in [4.78, 5) is 43.6. The lowest BCUT2D eigenvalue weighted by molar-refractivity contribution is -0.140. The number of benzene rings is 4. The summed E-state index contributed by atoms with van der Waals surface area (Å²) in [7, 11) is 1.57. The van der Waals surface area contributed by atoms with E-state index in [1.165, 1.54) is 4.90 Å². The summed E-state index contributed by atoms with van der Waals surface area (Å²) in [5, 5.41) is 4.54. The summed E-state index contributed by atoms with van der Waals surface area (Å²) in [6.07, 6.45) is 0.354. The van der Waals surface area contributed by atoms with Gasteiger partial charge < -0.3 is 10.2 Å². The van der Waals surface area contributed by atoms with Gasteiger partial charge in [0.1, 0.15) is 12.6 Å². The first-order valence-electron chi connectivity index (χ1n) is 12.1. The molecule has 0 saturated carbocycles. The fourth-order valence-corrected chi connectivity index (χ4v) is 5.13. The normalized spacial score (nSPS) is 13.0. The Morgan fingerprint density at radius 1 is 0.892 bits per heavy atom. The van der Waals surface area contributed by atoms with Gasteiger partial charge in [0, 0.05) is 35.4 Å². The third-order valence-electron chi connectivity index (χ3n) is 6.73. The molecule has 0 radical (unpaired) electrons. The largest absolute Gasteiger partial charge is 0.357 e. The summed E-state index contributed by atoms with van der Waals surface area (Å²) >= 11 is 3.45. The number of nitrogens with one attached hydrogen (secondary N) is 1. The molecule has 1 N–H and O–H groups in total. The quantitative estimate of drug-likeness (QED) is 0.334. The fraction of sp³-hybridized carbons (Fsp3) is 0.167. The molecular weight excluding hydrogens is 530 g/mol. The van der Waals surface area contributed by atoms with Crippen molar-refractivity contribution in [2.24, 2.45) is 0 Å². The zero-order chi connectivity index (χ0) is 25.9. The summed E-state index contributed by atoms with van der Waals surface area (Å²) in [5.41, 5.74) is 3.14. The van der Waals surface area contributed by atoms with Crippen molar-refractivity contribution in [1.29, 1.82) is 0 Å². The second kappa shape index (κ2) is 10.6. The fourth-order valence-electron chi connectivity index (χ4n) is 4.87. The molecule has 4 aromatic rings. The van der Waals surface area contributed by atoms with E-state index in [1.807, 2.05) is 84.9 Å². The highest BCUT2D eigenvalue weighted by Gasteiger charge is 2.35. The highest BCUT2D eigenvalue weighted by atomic mass is 79.9. The van der Waals surface area contributed by atoms with Gasteiger partial charge in [-0.2, -0.15) is 0 Å². The van der Waals surface area contributed by atoms with E-state index >= 15 is 0 Å². The number of likely N-dealkylation sites (N-methyl/N-ethyl adjacent to an activating group) is 1. The maximum atomic E-state index is 14.0. The van der Waals surface area contributed by atoms with E-state index < -0.39 is 6.04 Å². The minimum Gasteiger partial charge on any atom is -0.357 e. The van der Waals surface area contributed by atoms with Gasteiger partial charge in [-0.15, -0.1) is 0 Å². The van der Waals surface area contributed by atoms with Gasteiger partial charge >= 0.3 is 0 Å². The van der Waals surface area contributed by atoms with E-state index in [0.29, 0.717) is 12.0 Å². The van der Waals surface area contributed by atoms with Crippen LogP contribution in [0.5, 0.6) is 0 Å². The molecule has 186 valence electrons. The third kappa shape index (κ3) is 5.00. The maximum Gasteiger partial charge on any atom is 0.259 e. The molecule has 0 bridgehead atoms. The molecule has 0 aliphatic carbocycles. The van der Waals surface area contributed by atoms with Crippen molar-refractivity contribution in [3.05, 3.63) is 112 Å².